The van der Waals surface area contributed by atoms with Crippen molar-refractivity contribution >= 4 is 29.0 Å². The number of pyridine rings is 1. The molecule has 0 aliphatic rings. The van der Waals surface area contributed by atoms with E-state index in [9.17, 15) is 0 Å². The quantitative estimate of drug-likeness (QED) is 0.854. The number of nitrogens with one attached hydrogen (secondary N) is 1. The third-order valence-electron chi connectivity index (χ3n) is 2.77. The monoisotopic (exact) mass is 310 g/mol. The number of aromatic nitrogens is 1. The molecule has 5 heteroatoms. The lowest BCUT2D eigenvalue weighted by atomic mass is 10.1. The normalized spacial score (nSPS) is 10.4. The van der Waals surface area contributed by atoms with Crippen LogP contribution < -0.4 is 10.1 Å². The standard InChI is InChI=1S/C15H16Cl2N2O/c1-3-8-20-13-7-5-4-6-10(13)14-11(16)9-12(17)15(18-2)19-14/h4-7,9H,3,8H2,1-2H3,(H,18,19). The zero-order valence-electron chi connectivity index (χ0n) is 11.4. The van der Waals surface area contributed by atoms with Crippen LogP contribution in [0.4, 0.5) is 5.82 Å². The number of anilines is 1. The van der Waals surface area contributed by atoms with Gasteiger partial charge in [0.2, 0.25) is 0 Å². The van der Waals surface area contributed by atoms with Gasteiger partial charge in [-0.25, -0.2) is 4.98 Å². The Morgan fingerprint density at radius 1 is 1.20 bits per heavy atom. The predicted octanol–water partition coefficient (Wildman–Crippen LogP) is 4.89. The van der Waals surface area contributed by atoms with E-state index < -0.39 is 0 Å². The first-order chi connectivity index (χ1) is 9.67. The smallest absolute Gasteiger partial charge is 0.145 e. The van der Waals surface area contributed by atoms with Gasteiger partial charge in [0.25, 0.3) is 0 Å². The molecule has 1 heterocycles. The summed E-state index contributed by atoms with van der Waals surface area (Å²) >= 11 is 12.3. The molecule has 0 saturated carbocycles. The van der Waals surface area contributed by atoms with Crippen molar-refractivity contribution in [2.45, 2.75) is 13.3 Å². The maximum absolute atomic E-state index is 6.27. The van der Waals surface area contributed by atoms with E-state index in [1.165, 1.54) is 0 Å². The third kappa shape index (κ3) is 3.17. The highest BCUT2D eigenvalue weighted by Crippen LogP contribution is 2.36. The zero-order valence-corrected chi connectivity index (χ0v) is 12.9. The summed E-state index contributed by atoms with van der Waals surface area (Å²) < 4.78 is 5.75. The second kappa shape index (κ2) is 6.82. The van der Waals surface area contributed by atoms with E-state index in [4.69, 9.17) is 27.9 Å². The number of halogens is 2. The van der Waals surface area contributed by atoms with Crippen molar-refractivity contribution < 1.29 is 4.74 Å². The minimum absolute atomic E-state index is 0.494. The van der Waals surface area contributed by atoms with Crippen molar-refractivity contribution in [3.8, 4) is 17.0 Å². The van der Waals surface area contributed by atoms with Gasteiger partial charge < -0.3 is 10.1 Å². The van der Waals surface area contributed by atoms with Gasteiger partial charge in [-0.05, 0) is 24.6 Å². The molecule has 20 heavy (non-hydrogen) atoms. The van der Waals surface area contributed by atoms with Crippen molar-refractivity contribution in [1.29, 1.82) is 0 Å². The van der Waals surface area contributed by atoms with Crippen molar-refractivity contribution in [3.05, 3.63) is 40.4 Å². The topological polar surface area (TPSA) is 34.1 Å². The molecule has 106 valence electrons. The zero-order chi connectivity index (χ0) is 14.5. The molecule has 0 radical (unpaired) electrons. The van der Waals surface area contributed by atoms with Gasteiger partial charge >= 0.3 is 0 Å². The summed E-state index contributed by atoms with van der Waals surface area (Å²) in [5.41, 5.74) is 1.52. The van der Waals surface area contributed by atoms with Crippen molar-refractivity contribution in [1.82, 2.24) is 4.98 Å². The average molecular weight is 311 g/mol. The molecule has 0 fully saturated rings. The Morgan fingerprint density at radius 2 is 1.95 bits per heavy atom. The Balaban J connectivity index is 2.50. The molecule has 2 aromatic rings. The van der Waals surface area contributed by atoms with Gasteiger partial charge in [-0.1, -0.05) is 42.3 Å². The summed E-state index contributed by atoms with van der Waals surface area (Å²) in [6, 6.07) is 9.40. The van der Waals surface area contributed by atoms with Gasteiger partial charge in [0.05, 0.1) is 22.3 Å². The second-order valence-corrected chi connectivity index (χ2v) is 5.06. The van der Waals surface area contributed by atoms with Crippen LogP contribution in [0, 0.1) is 0 Å². The molecule has 2 rings (SSSR count). The molecule has 0 aliphatic heterocycles. The Kier molecular flexibility index (Phi) is 5.10. The number of rotatable bonds is 5. The fraction of sp³-hybridized carbons (Fsp3) is 0.267. The fourth-order valence-corrected chi connectivity index (χ4v) is 2.39. The van der Waals surface area contributed by atoms with E-state index >= 15 is 0 Å². The molecule has 0 unspecified atom stereocenters. The van der Waals surface area contributed by atoms with Gasteiger partial charge in [0, 0.05) is 12.6 Å². The first-order valence-electron chi connectivity index (χ1n) is 6.43. The molecule has 3 nitrogen and oxygen atoms in total. The molecular formula is C15H16Cl2N2O. The van der Waals surface area contributed by atoms with E-state index in [1.807, 2.05) is 24.3 Å². The lowest BCUT2D eigenvalue weighted by molar-refractivity contribution is 0.318. The minimum atomic E-state index is 0.494. The highest BCUT2D eigenvalue weighted by atomic mass is 35.5. The lowest BCUT2D eigenvalue weighted by Gasteiger charge is -2.13. The summed E-state index contributed by atoms with van der Waals surface area (Å²) in [7, 11) is 1.77. The fourth-order valence-electron chi connectivity index (χ4n) is 1.83. The van der Waals surface area contributed by atoms with Crippen LogP contribution in [0.2, 0.25) is 10.0 Å². The number of para-hydroxylation sites is 1. The van der Waals surface area contributed by atoms with Gasteiger partial charge in [0.1, 0.15) is 11.6 Å². The predicted molar refractivity (Wildman–Crippen MR) is 85.0 cm³/mol. The summed E-state index contributed by atoms with van der Waals surface area (Å²) in [5, 5.41) is 3.95. The Hall–Kier alpha value is -1.45. The largest absolute Gasteiger partial charge is 0.493 e. The highest BCUT2D eigenvalue weighted by Gasteiger charge is 2.14. The SMILES string of the molecule is CCCOc1ccccc1-c1nc(NC)c(Cl)cc1Cl. The molecule has 0 spiro atoms. The molecule has 0 amide bonds. The van der Waals surface area contributed by atoms with Crippen LogP contribution in [-0.4, -0.2) is 18.6 Å². The summed E-state index contributed by atoms with van der Waals surface area (Å²) in [6.07, 6.45) is 0.942. The van der Waals surface area contributed by atoms with Crippen LogP contribution in [0.15, 0.2) is 30.3 Å². The van der Waals surface area contributed by atoms with Crippen molar-refractivity contribution in [2.24, 2.45) is 0 Å². The van der Waals surface area contributed by atoms with Crippen LogP contribution >= 0.6 is 23.2 Å². The van der Waals surface area contributed by atoms with Crippen LogP contribution in [0.25, 0.3) is 11.3 Å². The molecule has 0 bridgehead atoms. The van der Waals surface area contributed by atoms with E-state index in [1.54, 1.807) is 13.1 Å². The summed E-state index contributed by atoms with van der Waals surface area (Å²) in [4.78, 5) is 4.47. The average Bonchev–Trinajstić information content (AvgIpc) is 2.46. The van der Waals surface area contributed by atoms with E-state index in [0.29, 0.717) is 28.2 Å². The Bertz CT molecular complexity index is 602. The molecule has 1 aromatic carbocycles. The summed E-state index contributed by atoms with van der Waals surface area (Å²) in [6.45, 7) is 2.72. The highest BCUT2D eigenvalue weighted by molar-refractivity contribution is 6.37. The molecule has 1 aromatic heterocycles. The first kappa shape index (κ1) is 14.9. The molecular weight excluding hydrogens is 295 g/mol. The molecule has 0 atom stereocenters. The number of hydrogen-bond acceptors (Lipinski definition) is 3. The number of ether oxygens (including phenoxy) is 1. The minimum Gasteiger partial charge on any atom is -0.493 e. The maximum Gasteiger partial charge on any atom is 0.145 e. The third-order valence-corrected chi connectivity index (χ3v) is 3.35. The van der Waals surface area contributed by atoms with Crippen LogP contribution in [0.3, 0.4) is 0 Å². The Morgan fingerprint density at radius 3 is 2.65 bits per heavy atom. The van der Waals surface area contributed by atoms with Crippen molar-refractivity contribution in [2.75, 3.05) is 19.0 Å². The van der Waals surface area contributed by atoms with Crippen LogP contribution in [-0.2, 0) is 0 Å². The molecule has 0 saturated heterocycles. The van der Waals surface area contributed by atoms with Gasteiger partial charge in [-0.3, -0.25) is 0 Å². The number of hydrogen-bond donors (Lipinski definition) is 1. The van der Waals surface area contributed by atoms with E-state index in [2.05, 4.69) is 17.2 Å². The Labute approximate surface area is 128 Å². The lowest BCUT2D eigenvalue weighted by Crippen LogP contribution is -2.00. The van der Waals surface area contributed by atoms with E-state index in [-0.39, 0.29) is 0 Å². The summed E-state index contributed by atoms with van der Waals surface area (Å²) in [5.74, 6) is 1.37. The maximum atomic E-state index is 6.27. The molecule has 1 N–H and O–H groups in total. The first-order valence-corrected chi connectivity index (χ1v) is 7.19. The van der Waals surface area contributed by atoms with E-state index in [0.717, 1.165) is 17.7 Å². The van der Waals surface area contributed by atoms with Crippen LogP contribution in [0.5, 0.6) is 5.75 Å². The second-order valence-electron chi connectivity index (χ2n) is 4.24. The van der Waals surface area contributed by atoms with Gasteiger partial charge in [0.15, 0.2) is 0 Å². The van der Waals surface area contributed by atoms with Crippen LogP contribution in [0.1, 0.15) is 13.3 Å². The van der Waals surface area contributed by atoms with Gasteiger partial charge in [-0.15, -0.1) is 0 Å². The van der Waals surface area contributed by atoms with Crippen molar-refractivity contribution in [3.63, 3.8) is 0 Å². The number of benzene rings is 1. The van der Waals surface area contributed by atoms with Gasteiger partial charge in [-0.2, -0.15) is 0 Å². The molecule has 0 aliphatic carbocycles. The number of nitrogens with zero attached hydrogens (tertiary/aromatic N) is 1.